The van der Waals surface area contributed by atoms with Crippen LogP contribution in [0.4, 0.5) is 5.82 Å². The molecule has 0 atom stereocenters. The maximum Gasteiger partial charge on any atom is 0.258 e. The van der Waals surface area contributed by atoms with Gasteiger partial charge in [0, 0.05) is 36.6 Å². The minimum Gasteiger partial charge on any atom is -0.482 e. The molecule has 0 aliphatic carbocycles. The first-order valence-corrected chi connectivity index (χ1v) is 9.62. The third-order valence-electron chi connectivity index (χ3n) is 3.90. The number of nitrogens with one attached hydrogen (secondary N) is 2. The molecule has 0 saturated carbocycles. The van der Waals surface area contributed by atoms with Gasteiger partial charge in [-0.15, -0.1) is 0 Å². The Kier molecular flexibility index (Phi) is 6.90. The van der Waals surface area contributed by atoms with E-state index in [-0.39, 0.29) is 12.5 Å². The van der Waals surface area contributed by atoms with E-state index in [2.05, 4.69) is 25.6 Å². The lowest BCUT2D eigenvalue weighted by Gasteiger charge is -2.11. The van der Waals surface area contributed by atoms with Crippen molar-refractivity contribution in [2.75, 3.05) is 25.0 Å². The lowest BCUT2D eigenvalue weighted by molar-refractivity contribution is -0.123. The van der Waals surface area contributed by atoms with Gasteiger partial charge in [0.2, 0.25) is 0 Å². The average Bonchev–Trinajstić information content (AvgIpc) is 3.10. The van der Waals surface area contributed by atoms with Gasteiger partial charge in [0.25, 0.3) is 5.91 Å². The summed E-state index contributed by atoms with van der Waals surface area (Å²) in [6.07, 6.45) is 3.56. The molecular weight excluding hydrogens is 415 g/mol. The van der Waals surface area contributed by atoms with Gasteiger partial charge in [0.15, 0.2) is 6.61 Å². The zero-order valence-electron chi connectivity index (χ0n) is 15.9. The first-order chi connectivity index (χ1) is 13.9. The Labute approximate surface area is 178 Å². The van der Waals surface area contributed by atoms with E-state index in [1.165, 1.54) is 0 Å². The number of aromatic nitrogens is 4. The molecule has 3 aromatic rings. The number of imidazole rings is 1. The van der Waals surface area contributed by atoms with Gasteiger partial charge < -0.3 is 15.4 Å². The van der Waals surface area contributed by atoms with Crippen molar-refractivity contribution < 1.29 is 9.53 Å². The summed E-state index contributed by atoms with van der Waals surface area (Å²) < 4.78 is 7.28. The number of anilines is 1. The number of hydrogen-bond acceptors (Lipinski definition) is 6. The molecule has 1 aromatic carbocycles. The second-order valence-electron chi connectivity index (χ2n) is 6.14. The molecule has 0 aliphatic rings. The molecule has 2 heterocycles. The van der Waals surface area contributed by atoms with Crippen LogP contribution in [-0.4, -0.2) is 45.1 Å². The fourth-order valence-electron chi connectivity index (χ4n) is 2.57. The van der Waals surface area contributed by atoms with Crippen molar-refractivity contribution in [3.63, 3.8) is 0 Å². The van der Waals surface area contributed by atoms with E-state index in [9.17, 15) is 4.79 Å². The second kappa shape index (κ2) is 9.58. The van der Waals surface area contributed by atoms with Gasteiger partial charge in [0.1, 0.15) is 29.0 Å². The SMILES string of the molecule is Cc1nc(NCCNC(=O)COc2ccc(Cl)cc2Cl)cc(-n2ccnc2C)n1. The van der Waals surface area contributed by atoms with E-state index in [0.29, 0.717) is 40.5 Å². The van der Waals surface area contributed by atoms with Crippen molar-refractivity contribution in [1.82, 2.24) is 24.8 Å². The van der Waals surface area contributed by atoms with Crippen LogP contribution in [0.25, 0.3) is 5.82 Å². The number of rotatable bonds is 8. The van der Waals surface area contributed by atoms with Crippen LogP contribution in [0, 0.1) is 13.8 Å². The summed E-state index contributed by atoms with van der Waals surface area (Å²) in [5.74, 6) is 3.01. The highest BCUT2D eigenvalue weighted by atomic mass is 35.5. The van der Waals surface area contributed by atoms with Crippen molar-refractivity contribution in [3.05, 3.63) is 58.4 Å². The van der Waals surface area contributed by atoms with Gasteiger partial charge in [-0.05, 0) is 32.0 Å². The molecule has 0 aliphatic heterocycles. The van der Waals surface area contributed by atoms with Crippen LogP contribution in [0.1, 0.15) is 11.6 Å². The average molecular weight is 435 g/mol. The number of amides is 1. The van der Waals surface area contributed by atoms with Gasteiger partial charge in [-0.2, -0.15) is 0 Å². The number of carbonyl (C=O) groups excluding carboxylic acids is 1. The van der Waals surface area contributed by atoms with Gasteiger partial charge >= 0.3 is 0 Å². The summed E-state index contributed by atoms with van der Waals surface area (Å²) in [5, 5.41) is 6.80. The van der Waals surface area contributed by atoms with Crippen LogP contribution in [-0.2, 0) is 4.79 Å². The molecule has 2 aromatic heterocycles. The zero-order valence-corrected chi connectivity index (χ0v) is 17.5. The molecule has 1 amide bonds. The minimum absolute atomic E-state index is 0.141. The molecule has 0 fully saturated rings. The summed E-state index contributed by atoms with van der Waals surface area (Å²) in [6.45, 7) is 4.48. The smallest absolute Gasteiger partial charge is 0.258 e. The quantitative estimate of drug-likeness (QED) is 0.528. The zero-order chi connectivity index (χ0) is 20.8. The molecule has 0 spiro atoms. The van der Waals surface area contributed by atoms with Crippen molar-refractivity contribution >= 4 is 34.9 Å². The van der Waals surface area contributed by atoms with Gasteiger partial charge in [-0.1, -0.05) is 23.2 Å². The number of carbonyl (C=O) groups is 1. The first-order valence-electron chi connectivity index (χ1n) is 8.87. The van der Waals surface area contributed by atoms with Gasteiger partial charge in [-0.25, -0.2) is 15.0 Å². The van der Waals surface area contributed by atoms with Crippen LogP contribution in [0.2, 0.25) is 10.0 Å². The largest absolute Gasteiger partial charge is 0.482 e. The molecule has 3 rings (SSSR count). The Morgan fingerprint density at radius 2 is 2.00 bits per heavy atom. The van der Waals surface area contributed by atoms with Gasteiger partial charge in [0.05, 0.1) is 5.02 Å². The van der Waals surface area contributed by atoms with Crippen molar-refractivity contribution in [2.45, 2.75) is 13.8 Å². The lowest BCUT2D eigenvalue weighted by atomic mass is 10.3. The summed E-state index contributed by atoms with van der Waals surface area (Å²) in [6, 6.07) is 6.66. The molecule has 29 heavy (non-hydrogen) atoms. The van der Waals surface area contributed by atoms with E-state index in [1.54, 1.807) is 24.4 Å². The topological polar surface area (TPSA) is 94.0 Å². The first kappa shape index (κ1) is 20.9. The highest BCUT2D eigenvalue weighted by Gasteiger charge is 2.08. The Bertz CT molecular complexity index is 1010. The second-order valence-corrected chi connectivity index (χ2v) is 6.99. The molecule has 2 N–H and O–H groups in total. The molecule has 152 valence electrons. The minimum atomic E-state index is -0.258. The van der Waals surface area contributed by atoms with Crippen LogP contribution >= 0.6 is 23.2 Å². The Balaban J connectivity index is 1.46. The Hall–Kier alpha value is -2.84. The standard InChI is InChI=1S/C19H20Cl2N6O2/c1-12-25-17(10-18(26-12)27-8-7-22-13(27)2)23-5-6-24-19(28)11-29-16-4-3-14(20)9-15(16)21/h3-4,7-10H,5-6,11H2,1-2H3,(H,24,28)(H,23,25,26). The number of aryl methyl sites for hydroxylation is 2. The summed E-state index contributed by atoms with van der Waals surface area (Å²) in [4.78, 5) is 24.9. The van der Waals surface area contributed by atoms with Crippen molar-refractivity contribution in [3.8, 4) is 11.6 Å². The molecule has 0 unspecified atom stereocenters. The summed E-state index contributed by atoms with van der Waals surface area (Å²) in [5.41, 5.74) is 0. The predicted octanol–water partition coefficient (Wildman–Crippen LogP) is 3.19. The molecule has 0 saturated heterocycles. The van der Waals surface area contributed by atoms with E-state index in [1.807, 2.05) is 30.7 Å². The third kappa shape index (κ3) is 5.82. The molecule has 0 bridgehead atoms. The predicted molar refractivity (Wildman–Crippen MR) is 112 cm³/mol. The maximum absolute atomic E-state index is 11.9. The van der Waals surface area contributed by atoms with Crippen molar-refractivity contribution in [1.29, 1.82) is 0 Å². The van der Waals surface area contributed by atoms with Crippen molar-refractivity contribution in [2.24, 2.45) is 0 Å². The monoisotopic (exact) mass is 434 g/mol. The number of benzene rings is 1. The van der Waals surface area contributed by atoms with E-state index in [4.69, 9.17) is 27.9 Å². The maximum atomic E-state index is 11.9. The normalized spacial score (nSPS) is 10.6. The molecule has 8 nitrogen and oxygen atoms in total. The lowest BCUT2D eigenvalue weighted by Crippen LogP contribution is -2.32. The Morgan fingerprint density at radius 3 is 2.72 bits per heavy atom. The number of hydrogen-bond donors (Lipinski definition) is 2. The number of halogens is 2. The van der Waals surface area contributed by atoms with Gasteiger partial charge in [-0.3, -0.25) is 9.36 Å². The van der Waals surface area contributed by atoms with E-state index in [0.717, 1.165) is 11.6 Å². The summed E-state index contributed by atoms with van der Waals surface area (Å²) >= 11 is 11.8. The Morgan fingerprint density at radius 1 is 1.17 bits per heavy atom. The fourth-order valence-corrected chi connectivity index (χ4v) is 3.03. The van der Waals surface area contributed by atoms with Crippen LogP contribution < -0.4 is 15.4 Å². The number of nitrogens with zero attached hydrogens (tertiary/aromatic N) is 4. The van der Waals surface area contributed by atoms with Crippen LogP contribution in [0.5, 0.6) is 5.75 Å². The summed E-state index contributed by atoms with van der Waals surface area (Å²) in [7, 11) is 0. The van der Waals surface area contributed by atoms with Crippen LogP contribution in [0.3, 0.4) is 0 Å². The molecule has 10 heteroatoms. The highest BCUT2D eigenvalue weighted by molar-refractivity contribution is 6.35. The fraction of sp³-hybridized carbons (Fsp3) is 0.263. The third-order valence-corrected chi connectivity index (χ3v) is 4.43. The highest BCUT2D eigenvalue weighted by Crippen LogP contribution is 2.27. The molecule has 0 radical (unpaired) electrons. The van der Waals surface area contributed by atoms with E-state index < -0.39 is 0 Å². The molecular formula is C19H20Cl2N6O2. The van der Waals surface area contributed by atoms with Crippen LogP contribution in [0.15, 0.2) is 36.7 Å². The van der Waals surface area contributed by atoms with E-state index >= 15 is 0 Å². The number of ether oxygens (including phenoxy) is 1.